The van der Waals surface area contributed by atoms with Crippen molar-refractivity contribution >= 4 is 34.4 Å². The average Bonchev–Trinajstić information content (AvgIpc) is 2.30. The van der Waals surface area contributed by atoms with E-state index in [9.17, 15) is 23.7 Å². The normalized spacial score (nSPS) is 10.5. The van der Waals surface area contributed by atoms with Crippen LogP contribution in [0.4, 0.5) is 14.6 Å². The fourth-order valence-corrected chi connectivity index (χ4v) is 1.94. The number of rotatable bonds is 4. The molecular weight excluding hydrogens is 365 g/mol. The first-order valence-corrected chi connectivity index (χ1v) is 5.63. The first-order chi connectivity index (χ1) is 8.36. The largest absolute Gasteiger partial charge is 0.469 e. The zero-order valence-electron chi connectivity index (χ0n) is 9.02. The molecule has 0 atom stereocenters. The Morgan fingerprint density at radius 2 is 2.28 bits per heavy atom. The van der Waals surface area contributed by atoms with Crippen molar-refractivity contribution in [3.63, 3.8) is 0 Å². The van der Waals surface area contributed by atoms with Crippen LogP contribution >= 0.6 is 22.6 Å². The minimum Gasteiger partial charge on any atom is -0.469 e. The summed E-state index contributed by atoms with van der Waals surface area (Å²) in [6, 6.07) is 1.01. The molecule has 6 nitrogen and oxygen atoms in total. The number of carbonyl (C=O) groups is 1. The van der Waals surface area contributed by atoms with Crippen LogP contribution in [0.25, 0.3) is 0 Å². The molecule has 9 heteroatoms. The first kappa shape index (κ1) is 14.7. The Hall–Kier alpha value is -1.39. The van der Waals surface area contributed by atoms with E-state index in [-0.39, 0.29) is 15.6 Å². The lowest BCUT2D eigenvalue weighted by Gasteiger charge is -2.05. The molecule has 0 spiro atoms. The number of carbonyl (C=O) groups excluding carboxylic acids is 1. The lowest BCUT2D eigenvalue weighted by molar-refractivity contribution is -0.390. The van der Waals surface area contributed by atoms with Crippen LogP contribution in [0.3, 0.4) is 0 Å². The van der Waals surface area contributed by atoms with E-state index in [1.165, 1.54) is 0 Å². The Bertz CT molecular complexity index is 496. The molecular formula is C9H7F2IN2O4. The van der Waals surface area contributed by atoms with Gasteiger partial charge >= 0.3 is 18.2 Å². The molecule has 0 aliphatic rings. The van der Waals surface area contributed by atoms with E-state index in [0.717, 1.165) is 13.2 Å². The standard InChI is InChI=1S/C9H7F2IN2O4/c1-18-7(15)2-4-5(12)3-6(8(10)11)13-9(4)14(16)17/h3,8H,2H2,1H3. The lowest BCUT2D eigenvalue weighted by atomic mass is 10.1. The van der Waals surface area contributed by atoms with Gasteiger partial charge in [0.05, 0.1) is 19.1 Å². The molecule has 0 bridgehead atoms. The van der Waals surface area contributed by atoms with Gasteiger partial charge in [-0.25, -0.2) is 8.78 Å². The Labute approximate surface area is 114 Å². The number of hydrogen-bond donors (Lipinski definition) is 0. The molecule has 0 saturated heterocycles. The van der Waals surface area contributed by atoms with Crippen LogP contribution in [0.2, 0.25) is 0 Å². The molecule has 98 valence electrons. The number of halogens is 3. The second-order valence-electron chi connectivity index (χ2n) is 3.14. The number of esters is 1. The maximum atomic E-state index is 12.5. The van der Waals surface area contributed by atoms with Crippen molar-refractivity contribution in [1.82, 2.24) is 4.98 Å². The molecule has 0 aromatic carbocycles. The van der Waals surface area contributed by atoms with Crippen molar-refractivity contribution in [3.8, 4) is 0 Å². The third kappa shape index (κ3) is 3.31. The highest BCUT2D eigenvalue weighted by Crippen LogP contribution is 2.28. The third-order valence-electron chi connectivity index (χ3n) is 2.01. The number of nitro groups is 1. The molecule has 1 heterocycles. The zero-order valence-corrected chi connectivity index (χ0v) is 11.2. The van der Waals surface area contributed by atoms with Crippen molar-refractivity contribution in [2.75, 3.05) is 7.11 Å². The van der Waals surface area contributed by atoms with Crippen molar-refractivity contribution in [3.05, 3.63) is 31.0 Å². The summed E-state index contributed by atoms with van der Waals surface area (Å²) < 4.78 is 29.5. The molecule has 0 N–H and O–H groups in total. The van der Waals surface area contributed by atoms with Gasteiger partial charge in [0.15, 0.2) is 0 Å². The van der Waals surface area contributed by atoms with Gasteiger partial charge in [-0.05, 0) is 32.5 Å². The highest BCUT2D eigenvalue weighted by atomic mass is 127. The van der Waals surface area contributed by atoms with E-state index in [0.29, 0.717) is 0 Å². The molecule has 1 rings (SSSR count). The maximum Gasteiger partial charge on any atom is 0.368 e. The van der Waals surface area contributed by atoms with Gasteiger partial charge in [0.2, 0.25) is 5.69 Å². The average molecular weight is 372 g/mol. The van der Waals surface area contributed by atoms with Crippen molar-refractivity contribution in [1.29, 1.82) is 0 Å². The van der Waals surface area contributed by atoms with E-state index < -0.39 is 28.8 Å². The van der Waals surface area contributed by atoms with Crippen LogP contribution in [0.5, 0.6) is 0 Å². The molecule has 1 aromatic rings. The van der Waals surface area contributed by atoms with Crippen molar-refractivity contribution < 1.29 is 23.2 Å². The predicted molar refractivity (Wildman–Crippen MR) is 64.3 cm³/mol. The number of ether oxygens (including phenoxy) is 1. The Kier molecular flexibility index (Phi) is 4.87. The SMILES string of the molecule is COC(=O)Cc1c(I)cc(C(F)F)nc1[N+](=O)[O-]. The minimum absolute atomic E-state index is 0.0307. The van der Waals surface area contributed by atoms with Gasteiger partial charge in [-0.15, -0.1) is 0 Å². The molecule has 0 aliphatic carbocycles. The number of alkyl halides is 2. The van der Waals surface area contributed by atoms with E-state index in [2.05, 4.69) is 9.72 Å². The van der Waals surface area contributed by atoms with E-state index in [4.69, 9.17) is 0 Å². The van der Waals surface area contributed by atoms with E-state index in [1.54, 1.807) is 22.6 Å². The van der Waals surface area contributed by atoms with Gasteiger partial charge < -0.3 is 14.9 Å². The predicted octanol–water partition coefficient (Wildman–Crippen LogP) is 2.25. The summed E-state index contributed by atoms with van der Waals surface area (Å²) in [6.07, 6.45) is -3.30. The minimum atomic E-state index is -2.91. The quantitative estimate of drug-likeness (QED) is 0.351. The Balaban J connectivity index is 3.31. The second-order valence-corrected chi connectivity index (χ2v) is 4.30. The summed E-state index contributed by atoms with van der Waals surface area (Å²) in [7, 11) is 1.13. The van der Waals surface area contributed by atoms with Gasteiger partial charge in [-0.1, -0.05) is 0 Å². The molecule has 0 amide bonds. The van der Waals surface area contributed by atoms with Crippen LogP contribution in [0.1, 0.15) is 17.7 Å². The number of pyridine rings is 1. The van der Waals surface area contributed by atoms with Gasteiger partial charge in [0.25, 0.3) is 0 Å². The number of hydrogen-bond acceptors (Lipinski definition) is 5. The summed E-state index contributed by atoms with van der Waals surface area (Å²) in [5, 5.41) is 10.8. The van der Waals surface area contributed by atoms with Crippen molar-refractivity contribution in [2.45, 2.75) is 12.8 Å². The number of methoxy groups -OCH3 is 1. The van der Waals surface area contributed by atoms with Gasteiger partial charge in [0, 0.05) is 9.64 Å². The van der Waals surface area contributed by atoms with Gasteiger partial charge in [-0.2, -0.15) is 0 Å². The smallest absolute Gasteiger partial charge is 0.368 e. The summed E-state index contributed by atoms with van der Waals surface area (Å²) in [5.74, 6) is -1.45. The fraction of sp³-hybridized carbons (Fsp3) is 0.333. The monoisotopic (exact) mass is 372 g/mol. The van der Waals surface area contributed by atoms with E-state index in [1.807, 2.05) is 0 Å². The summed E-state index contributed by atoms with van der Waals surface area (Å²) in [4.78, 5) is 24.2. The van der Waals surface area contributed by atoms with Crippen LogP contribution in [-0.2, 0) is 16.0 Å². The first-order valence-electron chi connectivity index (χ1n) is 4.55. The van der Waals surface area contributed by atoms with Crippen molar-refractivity contribution in [2.24, 2.45) is 0 Å². The molecule has 18 heavy (non-hydrogen) atoms. The fourth-order valence-electron chi connectivity index (χ4n) is 1.19. The molecule has 0 saturated carbocycles. The van der Waals surface area contributed by atoms with Crippen LogP contribution in [-0.4, -0.2) is 23.0 Å². The highest BCUT2D eigenvalue weighted by Gasteiger charge is 2.27. The summed E-state index contributed by atoms with van der Waals surface area (Å²) >= 11 is 1.64. The molecule has 0 unspecified atom stereocenters. The van der Waals surface area contributed by atoms with Gasteiger partial charge in [0.1, 0.15) is 0 Å². The van der Waals surface area contributed by atoms with E-state index >= 15 is 0 Å². The zero-order chi connectivity index (χ0) is 13.9. The van der Waals surface area contributed by atoms with Crippen LogP contribution in [0, 0.1) is 13.7 Å². The number of aromatic nitrogens is 1. The molecule has 1 aromatic heterocycles. The molecule has 0 radical (unpaired) electrons. The number of nitrogens with zero attached hydrogens (tertiary/aromatic N) is 2. The lowest BCUT2D eigenvalue weighted by Crippen LogP contribution is -2.11. The third-order valence-corrected chi connectivity index (χ3v) is 2.98. The molecule has 0 fully saturated rings. The second kappa shape index (κ2) is 5.98. The topological polar surface area (TPSA) is 82.3 Å². The Morgan fingerprint density at radius 1 is 1.67 bits per heavy atom. The Morgan fingerprint density at radius 3 is 2.72 bits per heavy atom. The van der Waals surface area contributed by atoms with Crippen LogP contribution in [0.15, 0.2) is 6.07 Å². The highest BCUT2D eigenvalue weighted by molar-refractivity contribution is 14.1. The van der Waals surface area contributed by atoms with Gasteiger partial charge in [-0.3, -0.25) is 4.79 Å². The summed E-state index contributed by atoms with van der Waals surface area (Å²) in [5.41, 5.74) is -0.725. The van der Waals surface area contributed by atoms with Crippen LogP contribution < -0.4 is 0 Å². The summed E-state index contributed by atoms with van der Waals surface area (Å²) in [6.45, 7) is 0. The molecule has 0 aliphatic heterocycles. The maximum absolute atomic E-state index is 12.5.